The van der Waals surface area contributed by atoms with E-state index in [1.54, 1.807) is 57.2 Å². The molecular weight excluding hydrogens is 514 g/mol. The number of esters is 1. The lowest BCUT2D eigenvalue weighted by atomic mass is 9.96. The average Bonchev–Trinajstić information content (AvgIpc) is 3.74. The summed E-state index contributed by atoms with van der Waals surface area (Å²) in [5, 5.41) is 14.9. The molecule has 0 heterocycles. The van der Waals surface area contributed by atoms with Gasteiger partial charge in [0.2, 0.25) is 11.8 Å². The van der Waals surface area contributed by atoms with Crippen LogP contribution in [0, 0.1) is 12.3 Å². The lowest BCUT2D eigenvalue weighted by molar-refractivity contribution is -0.145. The molecule has 40 heavy (non-hydrogen) atoms. The second kappa shape index (κ2) is 13.0. The van der Waals surface area contributed by atoms with E-state index >= 15 is 0 Å². The summed E-state index contributed by atoms with van der Waals surface area (Å²) >= 11 is 0. The number of phenolic OH excluding ortho intramolecular Hbond substituents is 1. The number of methoxy groups -OCH3 is 1. The Morgan fingerprint density at radius 2 is 1.75 bits per heavy atom. The van der Waals surface area contributed by atoms with Crippen molar-refractivity contribution >= 4 is 23.9 Å². The minimum absolute atomic E-state index is 0.0552. The first kappa shape index (κ1) is 30.0. The van der Waals surface area contributed by atoms with Crippen molar-refractivity contribution in [1.82, 2.24) is 15.5 Å². The molecule has 2 aromatic rings. The summed E-state index contributed by atoms with van der Waals surface area (Å²) in [6, 6.07) is 10.4. The first-order valence-corrected chi connectivity index (χ1v) is 12.9. The highest BCUT2D eigenvalue weighted by Crippen LogP contribution is 2.37. The van der Waals surface area contributed by atoms with E-state index in [2.05, 4.69) is 21.3 Å². The molecule has 2 aromatic carbocycles. The van der Waals surface area contributed by atoms with Crippen LogP contribution < -0.4 is 10.6 Å². The van der Waals surface area contributed by atoms with E-state index < -0.39 is 48.1 Å². The molecule has 212 valence electrons. The summed E-state index contributed by atoms with van der Waals surface area (Å²) in [6.07, 6.45) is 6.30. The van der Waals surface area contributed by atoms with Gasteiger partial charge in [-0.05, 0) is 62.9 Å². The number of alkyl carbamates (subject to hydrolysis) is 1. The first-order chi connectivity index (χ1) is 18.9. The average molecular weight is 550 g/mol. The molecule has 1 aliphatic rings. The molecule has 10 nitrogen and oxygen atoms in total. The number of nitrogens with one attached hydrogen (secondary N) is 2. The summed E-state index contributed by atoms with van der Waals surface area (Å²) in [7, 11) is 1.20. The SMILES string of the molecule is C#Cc1ccccc1C(C(=O)NCC(=O)OC)N(C(=O)C(Cc1ccc(O)cc1)NC(=O)OC(C)(C)C)C1CC1. The molecule has 2 unspecified atom stereocenters. The Labute approximate surface area is 234 Å². The molecule has 3 amide bonds. The molecule has 0 radical (unpaired) electrons. The van der Waals surface area contributed by atoms with Gasteiger partial charge in [0.15, 0.2) is 0 Å². The van der Waals surface area contributed by atoms with Crippen LogP contribution in [0.25, 0.3) is 0 Å². The minimum atomic E-state index is -1.18. The summed E-state index contributed by atoms with van der Waals surface area (Å²) in [5.74, 6) is 0.832. The van der Waals surface area contributed by atoms with Gasteiger partial charge < -0.3 is 30.1 Å². The topological polar surface area (TPSA) is 134 Å². The molecule has 0 aliphatic heterocycles. The summed E-state index contributed by atoms with van der Waals surface area (Å²) in [4.78, 5) is 53.9. The lowest BCUT2D eigenvalue weighted by Crippen LogP contribution is -2.54. The van der Waals surface area contributed by atoms with Crippen LogP contribution >= 0.6 is 0 Å². The number of nitrogens with zero attached hydrogens (tertiary/aromatic N) is 1. The number of carbonyl (C=O) groups excluding carboxylic acids is 4. The number of hydrogen-bond donors (Lipinski definition) is 3. The zero-order valence-corrected chi connectivity index (χ0v) is 23.1. The smallest absolute Gasteiger partial charge is 0.408 e. The van der Waals surface area contributed by atoms with Gasteiger partial charge in [0.1, 0.15) is 30.0 Å². The maximum Gasteiger partial charge on any atom is 0.408 e. The molecule has 1 saturated carbocycles. The van der Waals surface area contributed by atoms with Crippen molar-refractivity contribution in [3.8, 4) is 18.1 Å². The zero-order chi connectivity index (χ0) is 29.4. The highest BCUT2D eigenvalue weighted by Gasteiger charge is 2.44. The second-order valence-corrected chi connectivity index (χ2v) is 10.5. The molecule has 0 saturated heterocycles. The molecular formula is C30H35N3O7. The van der Waals surface area contributed by atoms with Crippen molar-refractivity contribution in [2.24, 2.45) is 0 Å². The monoisotopic (exact) mass is 549 g/mol. The maximum atomic E-state index is 14.3. The van der Waals surface area contributed by atoms with Gasteiger partial charge in [-0.3, -0.25) is 14.4 Å². The molecule has 1 aliphatic carbocycles. The van der Waals surface area contributed by atoms with E-state index in [0.29, 0.717) is 29.5 Å². The molecule has 2 atom stereocenters. The van der Waals surface area contributed by atoms with Gasteiger partial charge in [0.05, 0.1) is 7.11 Å². The van der Waals surface area contributed by atoms with Crippen molar-refractivity contribution in [2.75, 3.05) is 13.7 Å². The van der Waals surface area contributed by atoms with Crippen LogP contribution in [0.15, 0.2) is 48.5 Å². The fourth-order valence-electron chi connectivity index (χ4n) is 4.18. The van der Waals surface area contributed by atoms with Crippen LogP contribution in [-0.2, 0) is 30.3 Å². The minimum Gasteiger partial charge on any atom is -0.508 e. The van der Waals surface area contributed by atoms with E-state index in [1.807, 2.05) is 0 Å². The number of phenols is 1. The van der Waals surface area contributed by atoms with Crippen molar-refractivity contribution < 1.29 is 33.8 Å². The summed E-state index contributed by atoms with van der Waals surface area (Å²) in [6.45, 7) is 4.72. The van der Waals surface area contributed by atoms with Crippen molar-refractivity contribution in [1.29, 1.82) is 0 Å². The number of benzene rings is 2. The predicted octanol–water partition coefficient (Wildman–Crippen LogP) is 2.83. The number of rotatable bonds is 10. The van der Waals surface area contributed by atoms with Crippen molar-refractivity contribution in [2.45, 2.75) is 63.8 Å². The fourth-order valence-corrected chi connectivity index (χ4v) is 4.18. The van der Waals surface area contributed by atoms with Crippen LogP contribution in [0.4, 0.5) is 4.79 Å². The quantitative estimate of drug-likeness (QED) is 0.306. The van der Waals surface area contributed by atoms with Crippen LogP contribution in [0.5, 0.6) is 5.75 Å². The van der Waals surface area contributed by atoms with E-state index in [9.17, 15) is 24.3 Å². The van der Waals surface area contributed by atoms with Gasteiger partial charge in [-0.1, -0.05) is 36.3 Å². The van der Waals surface area contributed by atoms with Crippen molar-refractivity contribution in [3.05, 3.63) is 65.2 Å². The summed E-state index contributed by atoms with van der Waals surface area (Å²) in [5.41, 5.74) is 0.676. The number of amides is 3. The van der Waals surface area contributed by atoms with E-state index in [-0.39, 0.29) is 18.2 Å². The number of ether oxygens (including phenoxy) is 2. The zero-order valence-electron chi connectivity index (χ0n) is 23.1. The van der Waals surface area contributed by atoms with E-state index in [0.717, 1.165) is 0 Å². The Morgan fingerprint density at radius 1 is 1.10 bits per heavy atom. The molecule has 0 spiro atoms. The highest BCUT2D eigenvalue weighted by molar-refractivity contribution is 5.94. The third-order valence-electron chi connectivity index (χ3n) is 6.13. The van der Waals surface area contributed by atoms with Gasteiger partial charge in [0.25, 0.3) is 0 Å². The Morgan fingerprint density at radius 3 is 2.33 bits per heavy atom. The molecule has 3 rings (SSSR count). The van der Waals surface area contributed by atoms with Crippen LogP contribution in [0.2, 0.25) is 0 Å². The van der Waals surface area contributed by atoms with Gasteiger partial charge in [-0.2, -0.15) is 0 Å². The number of terminal acetylenes is 1. The first-order valence-electron chi connectivity index (χ1n) is 12.9. The maximum absolute atomic E-state index is 14.3. The normalized spacial score (nSPS) is 14.2. The van der Waals surface area contributed by atoms with Crippen LogP contribution in [-0.4, -0.2) is 65.2 Å². The van der Waals surface area contributed by atoms with Gasteiger partial charge in [-0.15, -0.1) is 6.42 Å². The molecule has 1 fully saturated rings. The molecule has 0 bridgehead atoms. The predicted molar refractivity (Wildman–Crippen MR) is 147 cm³/mol. The molecule has 3 N–H and O–H groups in total. The van der Waals surface area contributed by atoms with Crippen LogP contribution in [0.3, 0.4) is 0 Å². The number of hydrogen-bond acceptors (Lipinski definition) is 7. The number of carbonyl (C=O) groups is 4. The second-order valence-electron chi connectivity index (χ2n) is 10.5. The Balaban J connectivity index is 2.04. The third kappa shape index (κ3) is 8.24. The Bertz CT molecular complexity index is 1270. The third-order valence-corrected chi connectivity index (χ3v) is 6.13. The van der Waals surface area contributed by atoms with Gasteiger partial charge >= 0.3 is 12.1 Å². The van der Waals surface area contributed by atoms with Crippen molar-refractivity contribution in [3.63, 3.8) is 0 Å². The Hall–Kier alpha value is -4.52. The number of aromatic hydroxyl groups is 1. The Kier molecular flexibility index (Phi) is 9.78. The molecule has 0 aromatic heterocycles. The van der Waals surface area contributed by atoms with Crippen LogP contribution in [0.1, 0.15) is 56.3 Å². The molecule has 10 heteroatoms. The summed E-state index contributed by atoms with van der Waals surface area (Å²) < 4.78 is 10.1. The largest absolute Gasteiger partial charge is 0.508 e. The standard InChI is InChI=1S/C30H35N3O7/c1-6-20-9-7-8-10-23(20)26(27(36)31-18-25(35)39-5)33(21-13-14-21)28(37)24(32-29(38)40-30(2,3)4)17-19-11-15-22(34)16-12-19/h1,7-12,15-16,21,24,26,34H,13-14,17-18H2,2-5H3,(H,31,36)(H,32,38). The highest BCUT2D eigenvalue weighted by atomic mass is 16.6. The van der Waals surface area contributed by atoms with Gasteiger partial charge in [-0.25, -0.2) is 4.79 Å². The lowest BCUT2D eigenvalue weighted by Gasteiger charge is -2.35. The fraction of sp³-hybridized carbons (Fsp3) is 0.400. The van der Waals surface area contributed by atoms with Gasteiger partial charge in [0, 0.05) is 18.0 Å². The van der Waals surface area contributed by atoms with E-state index in [4.69, 9.17) is 11.2 Å². The van der Waals surface area contributed by atoms with E-state index in [1.165, 1.54) is 24.1 Å².